The van der Waals surface area contributed by atoms with Gasteiger partial charge in [0.05, 0.1) is 18.0 Å². The van der Waals surface area contributed by atoms with E-state index in [1.807, 2.05) is 19.2 Å². The highest BCUT2D eigenvalue weighted by molar-refractivity contribution is 9.10. The zero-order valence-electron chi connectivity index (χ0n) is 9.30. The number of nitrogens with one attached hydrogen (secondary N) is 2. The molecule has 1 rings (SSSR count). The third-order valence-electron chi connectivity index (χ3n) is 2.07. The standard InChI is InChI=1S/C11H17BrN2O/c1-8(7-15-3)14-11-6-9(12)4-5-10(11)13-2/h4-6,8,13-14H,7H2,1-3H3/t8-/m0/s1. The first-order valence-corrected chi connectivity index (χ1v) is 5.69. The maximum absolute atomic E-state index is 5.08. The molecule has 2 N–H and O–H groups in total. The minimum Gasteiger partial charge on any atom is -0.386 e. The molecule has 0 aliphatic rings. The third kappa shape index (κ3) is 3.72. The smallest absolute Gasteiger partial charge is 0.0661 e. The van der Waals surface area contributed by atoms with Gasteiger partial charge in [-0.25, -0.2) is 0 Å². The van der Waals surface area contributed by atoms with E-state index in [9.17, 15) is 0 Å². The average molecular weight is 273 g/mol. The van der Waals surface area contributed by atoms with Crippen molar-refractivity contribution >= 4 is 27.3 Å². The van der Waals surface area contributed by atoms with Crippen LogP contribution in [0.4, 0.5) is 11.4 Å². The molecule has 1 aromatic carbocycles. The van der Waals surface area contributed by atoms with Gasteiger partial charge in [0, 0.05) is 24.7 Å². The van der Waals surface area contributed by atoms with Gasteiger partial charge in [0.25, 0.3) is 0 Å². The lowest BCUT2D eigenvalue weighted by Crippen LogP contribution is -2.21. The van der Waals surface area contributed by atoms with Crippen molar-refractivity contribution in [2.24, 2.45) is 0 Å². The molecule has 0 heterocycles. The lowest BCUT2D eigenvalue weighted by atomic mass is 10.2. The van der Waals surface area contributed by atoms with Crippen LogP contribution in [0, 0.1) is 0 Å². The molecule has 0 amide bonds. The molecule has 4 heteroatoms. The molecule has 1 aromatic rings. The summed E-state index contributed by atoms with van der Waals surface area (Å²) in [4.78, 5) is 0. The highest BCUT2D eigenvalue weighted by Gasteiger charge is 2.05. The zero-order valence-corrected chi connectivity index (χ0v) is 10.9. The molecular weight excluding hydrogens is 256 g/mol. The van der Waals surface area contributed by atoms with Gasteiger partial charge in [-0.15, -0.1) is 0 Å². The molecule has 0 bridgehead atoms. The lowest BCUT2D eigenvalue weighted by molar-refractivity contribution is 0.190. The summed E-state index contributed by atoms with van der Waals surface area (Å²) in [6.07, 6.45) is 0. The summed E-state index contributed by atoms with van der Waals surface area (Å²) >= 11 is 3.46. The fourth-order valence-corrected chi connectivity index (χ4v) is 1.77. The number of anilines is 2. The first-order chi connectivity index (χ1) is 7.17. The van der Waals surface area contributed by atoms with Crippen LogP contribution in [0.2, 0.25) is 0 Å². The van der Waals surface area contributed by atoms with Crippen molar-refractivity contribution in [3.05, 3.63) is 22.7 Å². The lowest BCUT2D eigenvalue weighted by Gasteiger charge is -2.17. The van der Waals surface area contributed by atoms with Crippen molar-refractivity contribution in [3.8, 4) is 0 Å². The van der Waals surface area contributed by atoms with E-state index in [-0.39, 0.29) is 6.04 Å². The fraction of sp³-hybridized carbons (Fsp3) is 0.455. The van der Waals surface area contributed by atoms with Crippen LogP contribution in [0.5, 0.6) is 0 Å². The van der Waals surface area contributed by atoms with Crippen LogP contribution in [0.25, 0.3) is 0 Å². The average Bonchev–Trinajstić information content (AvgIpc) is 2.18. The molecule has 1 atom stereocenters. The maximum atomic E-state index is 5.08. The van der Waals surface area contributed by atoms with E-state index in [0.29, 0.717) is 6.61 Å². The van der Waals surface area contributed by atoms with Gasteiger partial charge in [-0.05, 0) is 25.1 Å². The molecule has 0 fully saturated rings. The molecular formula is C11H17BrN2O. The third-order valence-corrected chi connectivity index (χ3v) is 2.56. The molecule has 0 aliphatic carbocycles. The van der Waals surface area contributed by atoms with E-state index in [1.54, 1.807) is 7.11 Å². The molecule has 84 valence electrons. The second kappa shape index (κ2) is 5.98. The van der Waals surface area contributed by atoms with Gasteiger partial charge in [-0.2, -0.15) is 0 Å². The van der Waals surface area contributed by atoms with Gasteiger partial charge < -0.3 is 15.4 Å². The van der Waals surface area contributed by atoms with Gasteiger partial charge in [0.1, 0.15) is 0 Å². The van der Waals surface area contributed by atoms with Crippen LogP contribution >= 0.6 is 15.9 Å². The van der Waals surface area contributed by atoms with Crippen LogP contribution in [-0.4, -0.2) is 26.8 Å². The van der Waals surface area contributed by atoms with Crippen LogP contribution in [0.3, 0.4) is 0 Å². The molecule has 0 aliphatic heterocycles. The van der Waals surface area contributed by atoms with Crippen molar-refractivity contribution in [1.29, 1.82) is 0 Å². The summed E-state index contributed by atoms with van der Waals surface area (Å²) in [5, 5.41) is 6.53. The Kier molecular flexibility index (Phi) is 4.91. The molecule has 0 unspecified atom stereocenters. The minimum atomic E-state index is 0.288. The summed E-state index contributed by atoms with van der Waals surface area (Å²) < 4.78 is 6.15. The second-order valence-corrected chi connectivity index (χ2v) is 4.36. The van der Waals surface area contributed by atoms with E-state index in [0.717, 1.165) is 15.8 Å². The number of rotatable bonds is 5. The maximum Gasteiger partial charge on any atom is 0.0661 e. The van der Waals surface area contributed by atoms with Crippen molar-refractivity contribution in [1.82, 2.24) is 0 Å². The van der Waals surface area contributed by atoms with Crippen LogP contribution in [0.1, 0.15) is 6.92 Å². The van der Waals surface area contributed by atoms with Gasteiger partial charge >= 0.3 is 0 Å². The summed E-state index contributed by atoms with van der Waals surface area (Å²) in [7, 11) is 3.62. The van der Waals surface area contributed by atoms with Crippen LogP contribution in [0.15, 0.2) is 22.7 Å². The van der Waals surface area contributed by atoms with E-state index in [2.05, 4.69) is 39.6 Å². The Morgan fingerprint density at radius 1 is 1.40 bits per heavy atom. The zero-order chi connectivity index (χ0) is 11.3. The van der Waals surface area contributed by atoms with Crippen molar-refractivity contribution in [2.75, 3.05) is 31.4 Å². The Morgan fingerprint density at radius 2 is 2.13 bits per heavy atom. The van der Waals surface area contributed by atoms with E-state index >= 15 is 0 Å². The van der Waals surface area contributed by atoms with E-state index in [4.69, 9.17) is 4.74 Å². The summed E-state index contributed by atoms with van der Waals surface area (Å²) in [5.41, 5.74) is 2.16. The van der Waals surface area contributed by atoms with E-state index in [1.165, 1.54) is 0 Å². The van der Waals surface area contributed by atoms with E-state index < -0.39 is 0 Å². The quantitative estimate of drug-likeness (QED) is 0.865. The number of benzene rings is 1. The van der Waals surface area contributed by atoms with Crippen molar-refractivity contribution in [2.45, 2.75) is 13.0 Å². The number of methoxy groups -OCH3 is 1. The van der Waals surface area contributed by atoms with Crippen LogP contribution < -0.4 is 10.6 Å². The summed E-state index contributed by atoms with van der Waals surface area (Å²) in [6.45, 7) is 2.78. The number of ether oxygens (including phenoxy) is 1. The van der Waals surface area contributed by atoms with Gasteiger partial charge in [-0.3, -0.25) is 0 Å². The SMILES string of the molecule is CNc1ccc(Br)cc1N[C@@H](C)COC. The Bertz CT molecular complexity index is 317. The molecule has 0 saturated carbocycles. The van der Waals surface area contributed by atoms with Gasteiger partial charge in [0.15, 0.2) is 0 Å². The predicted molar refractivity (Wildman–Crippen MR) is 68.6 cm³/mol. The van der Waals surface area contributed by atoms with Gasteiger partial charge in [0.2, 0.25) is 0 Å². The van der Waals surface area contributed by atoms with Crippen molar-refractivity contribution in [3.63, 3.8) is 0 Å². The first-order valence-electron chi connectivity index (χ1n) is 4.90. The minimum absolute atomic E-state index is 0.288. The highest BCUT2D eigenvalue weighted by Crippen LogP contribution is 2.26. The Morgan fingerprint density at radius 3 is 2.73 bits per heavy atom. The normalized spacial score (nSPS) is 12.3. The molecule has 0 spiro atoms. The van der Waals surface area contributed by atoms with Crippen LogP contribution in [-0.2, 0) is 4.74 Å². The molecule has 0 aromatic heterocycles. The molecule has 0 saturated heterocycles. The highest BCUT2D eigenvalue weighted by atomic mass is 79.9. The topological polar surface area (TPSA) is 33.3 Å². The number of halogens is 1. The summed E-state index contributed by atoms with van der Waals surface area (Å²) in [5.74, 6) is 0. The van der Waals surface area contributed by atoms with Gasteiger partial charge in [-0.1, -0.05) is 15.9 Å². The molecule has 15 heavy (non-hydrogen) atoms. The first kappa shape index (κ1) is 12.3. The van der Waals surface area contributed by atoms with Crippen molar-refractivity contribution < 1.29 is 4.74 Å². The predicted octanol–water partition coefficient (Wildman–Crippen LogP) is 2.94. The number of hydrogen-bond donors (Lipinski definition) is 2. The monoisotopic (exact) mass is 272 g/mol. The Balaban J connectivity index is 2.77. The fourth-order valence-electron chi connectivity index (χ4n) is 1.41. The Hall–Kier alpha value is -0.740. The molecule has 3 nitrogen and oxygen atoms in total. The Labute approximate surface area is 99.3 Å². The largest absolute Gasteiger partial charge is 0.386 e. The summed E-state index contributed by atoms with van der Waals surface area (Å²) in [6, 6.07) is 6.39. The number of hydrogen-bond acceptors (Lipinski definition) is 3. The second-order valence-electron chi connectivity index (χ2n) is 3.44. The molecule has 0 radical (unpaired) electrons.